The molecule has 1 fully saturated rings. The first-order chi connectivity index (χ1) is 14.1. The van der Waals surface area contributed by atoms with Crippen molar-refractivity contribution in [3.63, 3.8) is 0 Å². The molecule has 0 bridgehead atoms. The molecule has 0 radical (unpaired) electrons. The lowest BCUT2D eigenvalue weighted by molar-refractivity contribution is 0.0939. The summed E-state index contributed by atoms with van der Waals surface area (Å²) in [5.41, 5.74) is 2.72. The van der Waals surface area contributed by atoms with Gasteiger partial charge in [-0.1, -0.05) is 13.0 Å². The number of nitrogens with one attached hydrogen (secondary N) is 1. The number of amides is 1. The van der Waals surface area contributed by atoms with Crippen LogP contribution in [-0.2, 0) is 4.74 Å². The number of nitrogens with zero attached hydrogens (tertiary/aromatic N) is 1. The van der Waals surface area contributed by atoms with Crippen molar-refractivity contribution in [3.05, 3.63) is 53.6 Å². The third kappa shape index (κ3) is 5.41. The van der Waals surface area contributed by atoms with Crippen LogP contribution in [0.5, 0.6) is 11.5 Å². The van der Waals surface area contributed by atoms with Gasteiger partial charge in [0.2, 0.25) is 0 Å². The fourth-order valence-corrected chi connectivity index (χ4v) is 3.29. The van der Waals surface area contributed by atoms with Gasteiger partial charge in [0.05, 0.1) is 33.0 Å². The molecule has 6 nitrogen and oxygen atoms in total. The minimum atomic E-state index is -0.157. The van der Waals surface area contributed by atoms with Gasteiger partial charge in [-0.2, -0.15) is 0 Å². The predicted octanol–water partition coefficient (Wildman–Crippen LogP) is 3.81. The molecule has 6 heteroatoms. The van der Waals surface area contributed by atoms with Crippen LogP contribution in [0.2, 0.25) is 0 Å². The molecule has 1 N–H and O–H groups in total. The minimum absolute atomic E-state index is 0.101. The molecule has 1 saturated heterocycles. The molecule has 3 rings (SSSR count). The molecule has 2 aromatic rings. The van der Waals surface area contributed by atoms with Crippen molar-refractivity contribution in [3.8, 4) is 11.5 Å². The number of hydrogen-bond acceptors (Lipinski definition) is 5. The van der Waals surface area contributed by atoms with E-state index in [4.69, 9.17) is 14.2 Å². The summed E-state index contributed by atoms with van der Waals surface area (Å²) in [5.74, 6) is 1.29. The molecule has 156 valence electrons. The third-order valence-corrected chi connectivity index (χ3v) is 5.00. The maximum absolute atomic E-state index is 12.7. The monoisotopic (exact) mass is 398 g/mol. The smallest absolute Gasteiger partial charge is 0.251 e. The van der Waals surface area contributed by atoms with Crippen LogP contribution in [0.15, 0.2) is 42.5 Å². The fraction of sp³-hybridized carbons (Fsp3) is 0.435. The zero-order chi connectivity index (χ0) is 20.6. The summed E-state index contributed by atoms with van der Waals surface area (Å²) < 4.78 is 16.5. The van der Waals surface area contributed by atoms with Crippen molar-refractivity contribution >= 4 is 11.6 Å². The number of carbonyl (C=O) groups is 1. The van der Waals surface area contributed by atoms with Crippen molar-refractivity contribution in [2.24, 2.45) is 0 Å². The summed E-state index contributed by atoms with van der Waals surface area (Å²) in [6, 6.07) is 13.3. The SMILES string of the molecule is CCCOc1ccc(C(C)NC(=O)c2ccc(N3CCOCC3)cc2)cc1OC. The number of methoxy groups -OCH3 is 1. The number of hydrogen-bond donors (Lipinski definition) is 1. The van der Waals surface area contributed by atoms with Gasteiger partial charge in [-0.25, -0.2) is 0 Å². The normalized spacial score (nSPS) is 14.9. The van der Waals surface area contributed by atoms with Crippen molar-refractivity contribution in [1.82, 2.24) is 5.32 Å². The van der Waals surface area contributed by atoms with Gasteiger partial charge in [0.1, 0.15) is 0 Å². The van der Waals surface area contributed by atoms with Crippen LogP contribution in [-0.4, -0.2) is 45.9 Å². The van der Waals surface area contributed by atoms with Crippen LogP contribution in [0, 0.1) is 0 Å². The molecule has 1 aliphatic heterocycles. The van der Waals surface area contributed by atoms with E-state index >= 15 is 0 Å². The molecule has 1 aliphatic rings. The Hall–Kier alpha value is -2.73. The summed E-state index contributed by atoms with van der Waals surface area (Å²) in [4.78, 5) is 14.9. The van der Waals surface area contributed by atoms with E-state index in [1.165, 1.54) is 0 Å². The minimum Gasteiger partial charge on any atom is -0.493 e. The van der Waals surface area contributed by atoms with Gasteiger partial charge in [-0.15, -0.1) is 0 Å². The Morgan fingerprint density at radius 1 is 1.14 bits per heavy atom. The zero-order valence-electron chi connectivity index (χ0n) is 17.4. The highest BCUT2D eigenvalue weighted by atomic mass is 16.5. The summed E-state index contributed by atoms with van der Waals surface area (Å²) in [5, 5.41) is 3.06. The molecule has 1 heterocycles. The maximum atomic E-state index is 12.7. The molecule has 1 unspecified atom stereocenters. The highest BCUT2D eigenvalue weighted by Crippen LogP contribution is 2.30. The van der Waals surface area contributed by atoms with Crippen molar-refractivity contribution in [2.75, 3.05) is 44.9 Å². The fourth-order valence-electron chi connectivity index (χ4n) is 3.29. The van der Waals surface area contributed by atoms with E-state index in [0.717, 1.165) is 49.7 Å². The predicted molar refractivity (Wildman–Crippen MR) is 114 cm³/mol. The van der Waals surface area contributed by atoms with Crippen LogP contribution in [0.25, 0.3) is 0 Å². The highest BCUT2D eigenvalue weighted by molar-refractivity contribution is 5.94. The molecular formula is C23H30N2O4. The zero-order valence-corrected chi connectivity index (χ0v) is 17.4. The second-order valence-corrected chi connectivity index (χ2v) is 7.10. The van der Waals surface area contributed by atoms with E-state index < -0.39 is 0 Å². The van der Waals surface area contributed by atoms with E-state index in [1.807, 2.05) is 49.4 Å². The van der Waals surface area contributed by atoms with Crippen molar-refractivity contribution in [1.29, 1.82) is 0 Å². The van der Waals surface area contributed by atoms with Gasteiger partial charge in [-0.3, -0.25) is 4.79 Å². The Morgan fingerprint density at radius 3 is 2.52 bits per heavy atom. The van der Waals surface area contributed by atoms with Gasteiger partial charge >= 0.3 is 0 Å². The van der Waals surface area contributed by atoms with Crippen LogP contribution < -0.4 is 19.7 Å². The van der Waals surface area contributed by atoms with E-state index in [1.54, 1.807) is 7.11 Å². The summed E-state index contributed by atoms with van der Waals surface area (Å²) in [7, 11) is 1.62. The van der Waals surface area contributed by atoms with E-state index in [9.17, 15) is 4.79 Å². The van der Waals surface area contributed by atoms with Crippen LogP contribution in [0.1, 0.15) is 42.2 Å². The maximum Gasteiger partial charge on any atom is 0.251 e. The first-order valence-corrected chi connectivity index (χ1v) is 10.2. The van der Waals surface area contributed by atoms with E-state index in [-0.39, 0.29) is 11.9 Å². The first kappa shape index (κ1) is 21.0. The second kappa shape index (κ2) is 10.2. The molecule has 0 saturated carbocycles. The number of rotatable bonds is 8. The van der Waals surface area contributed by atoms with Crippen LogP contribution >= 0.6 is 0 Å². The average Bonchev–Trinajstić information content (AvgIpc) is 2.78. The molecule has 0 aromatic heterocycles. The van der Waals surface area contributed by atoms with E-state index in [0.29, 0.717) is 17.9 Å². The van der Waals surface area contributed by atoms with Gasteiger partial charge in [0, 0.05) is 24.3 Å². The molecule has 1 amide bonds. The number of benzene rings is 2. The number of anilines is 1. The first-order valence-electron chi connectivity index (χ1n) is 10.2. The number of ether oxygens (including phenoxy) is 3. The van der Waals surface area contributed by atoms with Crippen molar-refractivity contribution < 1.29 is 19.0 Å². The molecular weight excluding hydrogens is 368 g/mol. The quantitative estimate of drug-likeness (QED) is 0.733. The molecule has 1 atom stereocenters. The van der Waals surface area contributed by atoms with E-state index in [2.05, 4.69) is 17.1 Å². The number of carbonyl (C=O) groups excluding carboxylic acids is 1. The lowest BCUT2D eigenvalue weighted by Crippen LogP contribution is -2.36. The molecule has 29 heavy (non-hydrogen) atoms. The van der Waals surface area contributed by atoms with Gasteiger partial charge in [0.25, 0.3) is 5.91 Å². The van der Waals surface area contributed by atoms with Gasteiger partial charge in [0.15, 0.2) is 11.5 Å². The topological polar surface area (TPSA) is 60.0 Å². The number of morpholine rings is 1. The highest BCUT2D eigenvalue weighted by Gasteiger charge is 2.16. The molecule has 2 aromatic carbocycles. The summed E-state index contributed by atoms with van der Waals surface area (Å²) in [6.45, 7) is 7.90. The summed E-state index contributed by atoms with van der Waals surface area (Å²) >= 11 is 0. The van der Waals surface area contributed by atoms with Crippen LogP contribution in [0.3, 0.4) is 0 Å². The molecule has 0 aliphatic carbocycles. The Balaban J connectivity index is 1.63. The van der Waals surface area contributed by atoms with Gasteiger partial charge < -0.3 is 24.4 Å². The Kier molecular flexibility index (Phi) is 7.36. The van der Waals surface area contributed by atoms with Gasteiger partial charge in [-0.05, 0) is 55.3 Å². The van der Waals surface area contributed by atoms with Crippen LogP contribution in [0.4, 0.5) is 5.69 Å². The third-order valence-electron chi connectivity index (χ3n) is 5.00. The molecule has 0 spiro atoms. The second-order valence-electron chi connectivity index (χ2n) is 7.10. The Labute approximate surface area is 172 Å². The average molecular weight is 399 g/mol. The Morgan fingerprint density at radius 2 is 1.86 bits per heavy atom. The lowest BCUT2D eigenvalue weighted by Gasteiger charge is -2.28. The standard InChI is InChI=1S/C23H30N2O4/c1-4-13-29-21-10-7-19(16-22(21)27-3)17(2)24-23(26)18-5-8-20(9-6-18)25-11-14-28-15-12-25/h5-10,16-17H,4,11-15H2,1-3H3,(H,24,26). The summed E-state index contributed by atoms with van der Waals surface area (Å²) in [6.07, 6.45) is 0.932. The lowest BCUT2D eigenvalue weighted by atomic mass is 10.1. The Bertz CT molecular complexity index is 801. The largest absolute Gasteiger partial charge is 0.493 e. The van der Waals surface area contributed by atoms with Crippen molar-refractivity contribution in [2.45, 2.75) is 26.3 Å².